The van der Waals surface area contributed by atoms with Crippen LogP contribution in [0.2, 0.25) is 0 Å². The molecule has 5 heteroatoms. The summed E-state index contributed by atoms with van der Waals surface area (Å²) >= 11 is 0. The van der Waals surface area contributed by atoms with Gasteiger partial charge in [-0.3, -0.25) is 15.4 Å². The van der Waals surface area contributed by atoms with Gasteiger partial charge in [0.15, 0.2) is 5.75 Å². The van der Waals surface area contributed by atoms with E-state index in [2.05, 4.69) is 9.97 Å². The molecule has 0 radical (unpaired) electrons. The smallest absolute Gasteiger partial charge is 0.151 e. The Labute approximate surface area is 110 Å². The van der Waals surface area contributed by atoms with Crippen molar-refractivity contribution in [3.05, 3.63) is 41.3 Å². The van der Waals surface area contributed by atoms with E-state index >= 15 is 0 Å². The number of nitriles is 1. The summed E-state index contributed by atoms with van der Waals surface area (Å²) in [6.07, 6.45) is 1.47. The Hall–Kier alpha value is -2.74. The molecule has 0 aliphatic rings. The average Bonchev–Trinajstić information content (AvgIpc) is 2.37. The lowest BCUT2D eigenvalue weighted by atomic mass is 10.0. The van der Waals surface area contributed by atoms with E-state index in [-0.39, 0.29) is 17.0 Å². The molecule has 0 spiro atoms. The quantitative estimate of drug-likeness (QED) is 0.802. The maximum atomic E-state index is 10.2. The highest BCUT2D eigenvalue weighted by Crippen LogP contribution is 2.30. The third kappa shape index (κ3) is 2.43. The van der Waals surface area contributed by atoms with Crippen LogP contribution in [0.4, 0.5) is 0 Å². The van der Waals surface area contributed by atoms with Gasteiger partial charge in [-0.05, 0) is 32.0 Å². The molecule has 2 aromatic rings. The van der Waals surface area contributed by atoms with Gasteiger partial charge >= 0.3 is 0 Å². The van der Waals surface area contributed by atoms with E-state index in [4.69, 9.17) is 10.7 Å². The number of aromatic nitrogens is 2. The molecule has 0 saturated heterocycles. The van der Waals surface area contributed by atoms with Crippen molar-refractivity contribution in [2.45, 2.75) is 13.8 Å². The van der Waals surface area contributed by atoms with E-state index < -0.39 is 0 Å². The molecular weight excluding hydrogens is 240 g/mol. The number of rotatable bonds is 2. The Morgan fingerprint density at radius 1 is 1.32 bits per heavy atom. The van der Waals surface area contributed by atoms with Crippen LogP contribution in [0.15, 0.2) is 24.4 Å². The van der Waals surface area contributed by atoms with E-state index in [1.54, 1.807) is 18.2 Å². The summed E-state index contributed by atoms with van der Waals surface area (Å²) in [5.74, 6) is -0.154. The van der Waals surface area contributed by atoms with Crippen molar-refractivity contribution in [3.63, 3.8) is 0 Å². The number of aryl methyl sites for hydroxylation is 2. The van der Waals surface area contributed by atoms with Gasteiger partial charge in [0.1, 0.15) is 17.5 Å². The van der Waals surface area contributed by atoms with E-state index in [0.29, 0.717) is 5.69 Å². The van der Waals surface area contributed by atoms with Gasteiger partial charge in [-0.1, -0.05) is 0 Å². The van der Waals surface area contributed by atoms with Gasteiger partial charge < -0.3 is 5.11 Å². The van der Waals surface area contributed by atoms with Crippen LogP contribution in [0.1, 0.15) is 17.0 Å². The molecule has 0 aliphatic heterocycles. The highest BCUT2D eigenvalue weighted by Gasteiger charge is 2.14. The summed E-state index contributed by atoms with van der Waals surface area (Å²) in [5, 5.41) is 26.4. The minimum atomic E-state index is -0.288. The van der Waals surface area contributed by atoms with Crippen molar-refractivity contribution >= 4 is 5.71 Å². The minimum Gasteiger partial charge on any atom is -0.505 e. The summed E-state index contributed by atoms with van der Waals surface area (Å²) < 4.78 is 0. The molecule has 0 atom stereocenters. The fourth-order valence-corrected chi connectivity index (χ4v) is 1.90. The van der Waals surface area contributed by atoms with Crippen LogP contribution < -0.4 is 0 Å². The van der Waals surface area contributed by atoms with Crippen LogP contribution in [0.25, 0.3) is 11.3 Å². The maximum absolute atomic E-state index is 10.2. The van der Waals surface area contributed by atoms with Crippen LogP contribution in [-0.2, 0) is 0 Å². The first-order valence-electron chi connectivity index (χ1n) is 5.65. The van der Waals surface area contributed by atoms with Crippen molar-refractivity contribution in [1.29, 1.82) is 10.7 Å². The predicted octanol–water partition coefficient (Wildman–Crippen LogP) is 2.36. The van der Waals surface area contributed by atoms with Crippen molar-refractivity contribution in [2.75, 3.05) is 0 Å². The first-order chi connectivity index (χ1) is 9.02. The Kier molecular flexibility index (Phi) is 3.25. The minimum absolute atomic E-state index is 0.154. The van der Waals surface area contributed by atoms with E-state index in [1.807, 2.05) is 13.8 Å². The second kappa shape index (κ2) is 4.86. The van der Waals surface area contributed by atoms with Crippen LogP contribution in [0, 0.1) is 30.6 Å². The molecule has 2 aromatic heterocycles. The lowest BCUT2D eigenvalue weighted by Gasteiger charge is -2.08. The summed E-state index contributed by atoms with van der Waals surface area (Å²) in [7, 11) is 0. The average molecular weight is 252 g/mol. The largest absolute Gasteiger partial charge is 0.505 e. The van der Waals surface area contributed by atoms with Gasteiger partial charge in [0.2, 0.25) is 0 Å². The Morgan fingerprint density at radius 2 is 1.95 bits per heavy atom. The van der Waals surface area contributed by atoms with Crippen molar-refractivity contribution in [1.82, 2.24) is 9.97 Å². The molecule has 2 heterocycles. The third-order valence-electron chi connectivity index (χ3n) is 2.66. The highest BCUT2D eigenvalue weighted by atomic mass is 16.3. The molecule has 0 saturated carbocycles. The molecular formula is C14H12N4O. The van der Waals surface area contributed by atoms with E-state index in [9.17, 15) is 5.11 Å². The summed E-state index contributed by atoms with van der Waals surface area (Å²) in [4.78, 5) is 8.38. The first-order valence-corrected chi connectivity index (χ1v) is 5.65. The molecule has 94 valence electrons. The Morgan fingerprint density at radius 3 is 2.53 bits per heavy atom. The summed E-state index contributed by atoms with van der Waals surface area (Å²) in [5.41, 5.74) is 2.60. The molecule has 19 heavy (non-hydrogen) atoms. The molecule has 0 amide bonds. The predicted molar refractivity (Wildman–Crippen MR) is 71.0 cm³/mol. The zero-order valence-corrected chi connectivity index (χ0v) is 10.6. The highest BCUT2D eigenvalue weighted by molar-refractivity contribution is 6.11. The van der Waals surface area contributed by atoms with E-state index in [0.717, 1.165) is 17.0 Å². The zero-order chi connectivity index (χ0) is 14.0. The zero-order valence-electron chi connectivity index (χ0n) is 10.6. The van der Waals surface area contributed by atoms with Gasteiger partial charge in [-0.25, -0.2) is 0 Å². The molecule has 0 bridgehead atoms. The van der Waals surface area contributed by atoms with Gasteiger partial charge in [-0.15, -0.1) is 0 Å². The van der Waals surface area contributed by atoms with Gasteiger partial charge in [0.25, 0.3) is 0 Å². The van der Waals surface area contributed by atoms with Crippen LogP contribution in [0.5, 0.6) is 5.75 Å². The first kappa shape index (κ1) is 12.7. The normalized spacial score (nSPS) is 9.95. The van der Waals surface area contributed by atoms with Crippen molar-refractivity contribution < 1.29 is 5.11 Å². The van der Waals surface area contributed by atoms with Crippen LogP contribution in [0.3, 0.4) is 0 Å². The standard InChI is InChI=1S/C14H12N4O/c1-8-5-10(6-9(2)18-8)13-14(19)11(3-4-17-13)12(16)7-15/h3-6,16,19H,1-2H3. The number of pyridine rings is 2. The number of hydrogen-bond acceptors (Lipinski definition) is 5. The van der Waals surface area contributed by atoms with E-state index in [1.165, 1.54) is 12.3 Å². The van der Waals surface area contributed by atoms with Crippen molar-refractivity contribution in [2.24, 2.45) is 0 Å². The van der Waals surface area contributed by atoms with Gasteiger partial charge in [-0.2, -0.15) is 5.26 Å². The Balaban J connectivity index is 2.64. The second-order valence-electron chi connectivity index (χ2n) is 4.18. The lowest BCUT2D eigenvalue weighted by molar-refractivity contribution is 0.474. The number of aromatic hydroxyl groups is 1. The fraction of sp³-hybridized carbons (Fsp3) is 0.143. The van der Waals surface area contributed by atoms with Gasteiger partial charge in [0, 0.05) is 23.1 Å². The summed E-state index contributed by atoms with van der Waals surface area (Å²) in [6, 6.07) is 6.76. The molecule has 0 fully saturated rings. The molecule has 2 rings (SSSR count). The van der Waals surface area contributed by atoms with Crippen molar-refractivity contribution in [3.8, 4) is 23.1 Å². The lowest BCUT2D eigenvalue weighted by Crippen LogP contribution is -1.98. The topological polar surface area (TPSA) is 93.7 Å². The molecule has 2 N–H and O–H groups in total. The second-order valence-corrected chi connectivity index (χ2v) is 4.18. The number of nitrogens with zero attached hydrogens (tertiary/aromatic N) is 3. The molecule has 5 nitrogen and oxygen atoms in total. The Bertz CT molecular complexity index is 681. The molecule has 0 unspecified atom stereocenters. The third-order valence-corrected chi connectivity index (χ3v) is 2.66. The maximum Gasteiger partial charge on any atom is 0.151 e. The SMILES string of the molecule is Cc1cc(-c2nccc(C(=N)C#N)c2O)cc(C)n1. The molecule has 0 aliphatic carbocycles. The van der Waals surface area contributed by atoms with Crippen LogP contribution >= 0.6 is 0 Å². The fourth-order valence-electron chi connectivity index (χ4n) is 1.90. The molecule has 0 aromatic carbocycles. The summed E-state index contributed by atoms with van der Waals surface area (Å²) in [6.45, 7) is 3.71. The monoisotopic (exact) mass is 252 g/mol. The number of nitrogens with one attached hydrogen (secondary N) is 1. The number of hydrogen-bond donors (Lipinski definition) is 2. The van der Waals surface area contributed by atoms with Crippen LogP contribution in [-0.4, -0.2) is 20.8 Å². The van der Waals surface area contributed by atoms with Gasteiger partial charge in [0.05, 0.1) is 5.56 Å².